The Morgan fingerprint density at radius 1 is 1.20 bits per heavy atom. The van der Waals surface area contributed by atoms with Crippen LogP contribution in [0.2, 0.25) is 0 Å². The highest BCUT2D eigenvalue weighted by molar-refractivity contribution is 5.85. The lowest BCUT2D eigenvalue weighted by Crippen LogP contribution is -1.79. The molecule has 3 aromatic heterocycles. The average molecular weight is 221 g/mol. The summed E-state index contributed by atoms with van der Waals surface area (Å²) in [4.78, 5) is 4.34. The predicted octanol–water partition coefficient (Wildman–Crippen LogP) is 3.02. The van der Waals surface area contributed by atoms with Gasteiger partial charge in [-0.1, -0.05) is 6.07 Å². The van der Waals surface area contributed by atoms with Crippen LogP contribution in [0, 0.1) is 0 Å². The van der Waals surface area contributed by atoms with Gasteiger partial charge < -0.3 is 8.82 Å². The molecule has 3 aromatic rings. The average Bonchev–Trinajstić information content (AvgIpc) is 2.85. The quantitative estimate of drug-likeness (QED) is 0.631. The zero-order chi connectivity index (χ0) is 9.38. The number of imidazole rings is 1. The first-order chi connectivity index (χ1) is 6.95. The number of hydrogen-bond acceptors (Lipinski definition) is 2. The molecule has 0 unspecified atom stereocenters. The molecule has 3 heterocycles. The lowest BCUT2D eigenvalue weighted by molar-refractivity contribution is 0.568. The van der Waals surface area contributed by atoms with Gasteiger partial charge in [0, 0.05) is 11.8 Å². The fraction of sp³-hybridized carbons (Fsp3) is 0. The SMILES string of the molecule is Cl.c1ccn2cnc(-c3ccoc3)c2c1. The highest BCUT2D eigenvalue weighted by Gasteiger charge is 2.06. The summed E-state index contributed by atoms with van der Waals surface area (Å²) in [6.07, 6.45) is 7.14. The Kier molecular flexibility index (Phi) is 2.47. The van der Waals surface area contributed by atoms with Gasteiger partial charge in [-0.25, -0.2) is 4.98 Å². The van der Waals surface area contributed by atoms with Crippen molar-refractivity contribution in [3.05, 3.63) is 49.3 Å². The summed E-state index contributed by atoms with van der Waals surface area (Å²) >= 11 is 0. The van der Waals surface area contributed by atoms with E-state index in [1.165, 1.54) is 0 Å². The van der Waals surface area contributed by atoms with Gasteiger partial charge in [0.1, 0.15) is 0 Å². The van der Waals surface area contributed by atoms with Crippen LogP contribution in [-0.2, 0) is 0 Å². The molecule has 15 heavy (non-hydrogen) atoms. The molecule has 0 atom stereocenters. The van der Waals surface area contributed by atoms with Crippen molar-refractivity contribution in [2.45, 2.75) is 0 Å². The van der Waals surface area contributed by atoms with Crippen LogP contribution in [0.5, 0.6) is 0 Å². The van der Waals surface area contributed by atoms with E-state index in [2.05, 4.69) is 4.98 Å². The molecule has 0 saturated heterocycles. The van der Waals surface area contributed by atoms with Gasteiger partial charge in [-0.3, -0.25) is 0 Å². The Morgan fingerprint density at radius 3 is 2.93 bits per heavy atom. The largest absolute Gasteiger partial charge is 0.472 e. The topological polar surface area (TPSA) is 30.4 Å². The van der Waals surface area contributed by atoms with Crippen LogP contribution in [0.15, 0.2) is 53.7 Å². The van der Waals surface area contributed by atoms with E-state index in [1.54, 1.807) is 18.9 Å². The number of nitrogens with zero attached hydrogens (tertiary/aromatic N) is 2. The second-order valence-corrected chi connectivity index (χ2v) is 3.10. The molecule has 0 bridgehead atoms. The first kappa shape index (κ1) is 9.80. The molecule has 0 amide bonds. The molecule has 0 N–H and O–H groups in total. The van der Waals surface area contributed by atoms with Crippen LogP contribution in [0.25, 0.3) is 16.8 Å². The van der Waals surface area contributed by atoms with E-state index in [-0.39, 0.29) is 12.4 Å². The third kappa shape index (κ3) is 1.51. The summed E-state index contributed by atoms with van der Waals surface area (Å²) in [5.74, 6) is 0. The van der Waals surface area contributed by atoms with E-state index in [4.69, 9.17) is 4.42 Å². The zero-order valence-corrected chi connectivity index (χ0v) is 8.65. The zero-order valence-electron chi connectivity index (χ0n) is 7.83. The summed E-state index contributed by atoms with van der Waals surface area (Å²) in [5, 5.41) is 0. The molecular formula is C11H9ClN2O. The lowest BCUT2D eigenvalue weighted by Gasteiger charge is -1.93. The predicted molar refractivity (Wildman–Crippen MR) is 60.1 cm³/mol. The van der Waals surface area contributed by atoms with Crippen LogP contribution in [0.3, 0.4) is 0 Å². The molecule has 0 fully saturated rings. The monoisotopic (exact) mass is 220 g/mol. The van der Waals surface area contributed by atoms with E-state index >= 15 is 0 Å². The smallest absolute Gasteiger partial charge is 0.0999 e. The van der Waals surface area contributed by atoms with Gasteiger partial charge in [0.15, 0.2) is 0 Å². The second-order valence-electron chi connectivity index (χ2n) is 3.10. The first-order valence-corrected chi connectivity index (χ1v) is 4.39. The van der Waals surface area contributed by atoms with Crippen molar-refractivity contribution >= 4 is 17.9 Å². The Balaban J connectivity index is 0.000000853. The summed E-state index contributed by atoms with van der Waals surface area (Å²) in [7, 11) is 0. The van der Waals surface area contributed by atoms with Crippen molar-refractivity contribution in [3.8, 4) is 11.3 Å². The van der Waals surface area contributed by atoms with E-state index in [0.29, 0.717) is 0 Å². The third-order valence-corrected chi connectivity index (χ3v) is 2.24. The molecule has 76 valence electrons. The number of halogens is 1. The van der Waals surface area contributed by atoms with Crippen molar-refractivity contribution in [1.29, 1.82) is 0 Å². The minimum absolute atomic E-state index is 0. The van der Waals surface area contributed by atoms with Gasteiger partial charge in [-0.05, 0) is 18.2 Å². The van der Waals surface area contributed by atoms with E-state index < -0.39 is 0 Å². The summed E-state index contributed by atoms with van der Waals surface area (Å²) in [6.45, 7) is 0. The Bertz CT molecular complexity index is 557. The molecule has 0 aliphatic rings. The summed E-state index contributed by atoms with van der Waals surface area (Å²) < 4.78 is 7.03. The molecular weight excluding hydrogens is 212 g/mol. The van der Waals surface area contributed by atoms with Crippen molar-refractivity contribution in [2.75, 3.05) is 0 Å². The third-order valence-electron chi connectivity index (χ3n) is 2.24. The maximum atomic E-state index is 5.04. The second kappa shape index (κ2) is 3.79. The van der Waals surface area contributed by atoms with Gasteiger partial charge in [-0.15, -0.1) is 12.4 Å². The highest BCUT2D eigenvalue weighted by Crippen LogP contribution is 2.22. The minimum Gasteiger partial charge on any atom is -0.472 e. The van der Waals surface area contributed by atoms with Gasteiger partial charge in [0.05, 0.1) is 30.1 Å². The molecule has 4 heteroatoms. The van der Waals surface area contributed by atoms with E-state index in [1.807, 2.05) is 34.9 Å². The molecule has 0 aromatic carbocycles. The van der Waals surface area contributed by atoms with Crippen molar-refractivity contribution in [3.63, 3.8) is 0 Å². The van der Waals surface area contributed by atoms with Gasteiger partial charge in [0.25, 0.3) is 0 Å². The highest BCUT2D eigenvalue weighted by atomic mass is 35.5. The number of aromatic nitrogens is 2. The molecule has 0 aliphatic heterocycles. The number of hydrogen-bond donors (Lipinski definition) is 0. The number of pyridine rings is 1. The van der Waals surface area contributed by atoms with Crippen LogP contribution >= 0.6 is 12.4 Å². The van der Waals surface area contributed by atoms with Crippen LogP contribution < -0.4 is 0 Å². The molecule has 0 aliphatic carbocycles. The van der Waals surface area contributed by atoms with Crippen molar-refractivity contribution in [1.82, 2.24) is 9.38 Å². The molecule has 0 saturated carbocycles. The maximum absolute atomic E-state index is 5.04. The fourth-order valence-corrected chi connectivity index (χ4v) is 1.57. The van der Waals surface area contributed by atoms with Gasteiger partial charge in [-0.2, -0.15) is 0 Å². The normalized spacial score (nSPS) is 10.1. The number of fused-ring (bicyclic) bond motifs is 1. The standard InChI is InChI=1S/C11H8N2O.ClH/c1-2-5-13-8-12-11(10(13)3-1)9-4-6-14-7-9;/h1-8H;1H. The van der Waals surface area contributed by atoms with E-state index in [9.17, 15) is 0 Å². The minimum atomic E-state index is 0. The van der Waals surface area contributed by atoms with E-state index in [0.717, 1.165) is 16.8 Å². The maximum Gasteiger partial charge on any atom is 0.0999 e. The Morgan fingerprint density at radius 2 is 2.13 bits per heavy atom. The number of furan rings is 1. The Hall–Kier alpha value is -1.74. The van der Waals surface area contributed by atoms with Crippen LogP contribution in [0.1, 0.15) is 0 Å². The molecule has 3 nitrogen and oxygen atoms in total. The van der Waals surface area contributed by atoms with Crippen molar-refractivity contribution in [2.24, 2.45) is 0 Å². The summed E-state index contributed by atoms with van der Waals surface area (Å²) in [5.41, 5.74) is 3.06. The summed E-state index contributed by atoms with van der Waals surface area (Å²) in [6, 6.07) is 7.93. The number of rotatable bonds is 1. The molecule has 0 spiro atoms. The van der Waals surface area contributed by atoms with Crippen LogP contribution in [0.4, 0.5) is 0 Å². The first-order valence-electron chi connectivity index (χ1n) is 4.39. The van der Waals surface area contributed by atoms with Gasteiger partial charge in [0.2, 0.25) is 0 Å². The molecule has 0 radical (unpaired) electrons. The van der Waals surface area contributed by atoms with Gasteiger partial charge >= 0.3 is 0 Å². The fourth-order valence-electron chi connectivity index (χ4n) is 1.57. The lowest BCUT2D eigenvalue weighted by atomic mass is 10.2. The Labute approximate surface area is 92.8 Å². The molecule has 3 rings (SSSR count). The van der Waals surface area contributed by atoms with Crippen molar-refractivity contribution < 1.29 is 4.42 Å². The van der Waals surface area contributed by atoms with Crippen LogP contribution in [-0.4, -0.2) is 9.38 Å².